The Labute approximate surface area is 632 Å². The molecule has 0 aliphatic rings. The first-order valence-electron chi connectivity index (χ1n) is 37.9. The van der Waals surface area contributed by atoms with E-state index in [1.807, 2.05) is 86.6 Å². The Balaban J connectivity index is 0.000000160. The lowest BCUT2D eigenvalue weighted by Crippen LogP contribution is -1.96. The molecule has 0 radical (unpaired) electrons. The predicted octanol–water partition coefficient (Wildman–Crippen LogP) is 30.3. The second-order valence-corrected chi connectivity index (χ2v) is 27.6. The van der Waals surface area contributed by atoms with E-state index < -0.39 is 58.2 Å². The number of halogens is 10. The lowest BCUT2D eigenvalue weighted by atomic mass is 9.93. The molecule has 0 nitrogen and oxygen atoms in total. The molecule has 0 bridgehead atoms. The molecule has 0 saturated heterocycles. The molecule has 10 heteroatoms. The van der Waals surface area contributed by atoms with Gasteiger partial charge in [-0.3, -0.25) is 0 Å². The van der Waals surface area contributed by atoms with Crippen LogP contribution in [0.1, 0.15) is 164 Å². The number of fused-ring (bicyclic) bond motifs is 2. The summed E-state index contributed by atoms with van der Waals surface area (Å²) in [6, 6.07) is 74.3. The van der Waals surface area contributed by atoms with Crippen molar-refractivity contribution < 1.29 is 43.9 Å². The summed E-state index contributed by atoms with van der Waals surface area (Å²) in [5.41, 5.74) is 11.6. The number of rotatable bonds is 21. The van der Waals surface area contributed by atoms with E-state index in [9.17, 15) is 43.9 Å². The summed E-state index contributed by atoms with van der Waals surface area (Å²) >= 11 is 0. The predicted molar refractivity (Wildman–Crippen MR) is 431 cm³/mol. The van der Waals surface area contributed by atoms with E-state index >= 15 is 0 Å². The maximum atomic E-state index is 14.7. The van der Waals surface area contributed by atoms with Crippen LogP contribution in [0, 0.1) is 58.2 Å². The quantitative estimate of drug-likeness (QED) is 0.0497. The lowest BCUT2D eigenvalue weighted by molar-refractivity contribution is 0.447. The summed E-state index contributed by atoms with van der Waals surface area (Å²) in [5, 5.41) is 5.44. The topological polar surface area (TPSA) is 0 Å². The molecule has 0 aliphatic carbocycles. The van der Waals surface area contributed by atoms with E-state index in [-0.39, 0.29) is 22.3 Å². The normalized spacial score (nSPS) is 11.5. The van der Waals surface area contributed by atoms with Crippen LogP contribution < -0.4 is 0 Å². The van der Waals surface area contributed by atoms with Crippen molar-refractivity contribution in [3.05, 3.63) is 346 Å². The van der Waals surface area contributed by atoms with E-state index in [4.69, 9.17) is 0 Å². The third kappa shape index (κ3) is 21.3. The average Bonchev–Trinajstić information content (AvgIpc) is 0.815. The fourth-order valence-electron chi connectivity index (χ4n) is 13.2. The van der Waals surface area contributed by atoms with E-state index in [0.717, 1.165) is 75.5 Å². The Bertz CT molecular complexity index is 4900. The van der Waals surface area contributed by atoms with Gasteiger partial charge in [0, 0.05) is 16.7 Å². The smallest absolute Gasteiger partial charge is 0.194 e. The van der Waals surface area contributed by atoms with E-state index in [1.54, 1.807) is 18.2 Å². The van der Waals surface area contributed by atoms with Gasteiger partial charge in [-0.15, -0.1) is 0 Å². The summed E-state index contributed by atoms with van der Waals surface area (Å²) < 4.78 is 142. The van der Waals surface area contributed by atoms with Crippen LogP contribution >= 0.6 is 0 Å². The Morgan fingerprint density at radius 2 is 0.667 bits per heavy atom. The van der Waals surface area contributed by atoms with Crippen LogP contribution in [0.15, 0.2) is 249 Å². The molecule has 0 aromatic heterocycles. The van der Waals surface area contributed by atoms with Crippen molar-refractivity contribution in [3.63, 3.8) is 0 Å². The Hall–Kier alpha value is -10.3. The zero-order valence-electron chi connectivity index (χ0n) is 63.3. The molecular weight excluding hydrogens is 1370 g/mol. The van der Waals surface area contributed by atoms with Crippen molar-refractivity contribution in [2.75, 3.05) is 0 Å². The largest absolute Gasteiger partial charge is 0.206 e. The molecule has 2 atom stereocenters. The summed E-state index contributed by atoms with van der Waals surface area (Å²) in [6.45, 7) is 19.4. The maximum Gasteiger partial charge on any atom is 0.194 e. The van der Waals surface area contributed by atoms with Gasteiger partial charge in [-0.1, -0.05) is 294 Å². The molecular formula is C98H96F10. The van der Waals surface area contributed by atoms with Crippen molar-refractivity contribution >= 4 is 21.5 Å². The zero-order valence-corrected chi connectivity index (χ0v) is 63.3. The highest BCUT2D eigenvalue weighted by Crippen LogP contribution is 2.37. The van der Waals surface area contributed by atoms with Crippen molar-refractivity contribution in [2.45, 2.75) is 158 Å². The molecule has 13 rings (SSSR count). The Morgan fingerprint density at radius 1 is 0.259 bits per heavy atom. The molecule has 0 saturated carbocycles. The lowest BCUT2D eigenvalue weighted by Gasteiger charge is -2.12. The number of aryl methyl sites for hydroxylation is 5. The molecule has 0 amide bonds. The van der Waals surface area contributed by atoms with Gasteiger partial charge in [0.2, 0.25) is 0 Å². The van der Waals surface area contributed by atoms with Gasteiger partial charge in [0.05, 0.1) is 11.1 Å². The molecule has 558 valence electrons. The first-order valence-corrected chi connectivity index (χ1v) is 37.9. The number of hydrogen-bond acceptors (Lipinski definition) is 0. The third-order valence-corrected chi connectivity index (χ3v) is 19.9. The van der Waals surface area contributed by atoms with Crippen LogP contribution in [0.4, 0.5) is 43.9 Å². The van der Waals surface area contributed by atoms with Gasteiger partial charge in [0.15, 0.2) is 29.1 Å². The molecule has 13 aromatic carbocycles. The van der Waals surface area contributed by atoms with Crippen LogP contribution in [0.3, 0.4) is 0 Å². The van der Waals surface area contributed by atoms with Gasteiger partial charge in [-0.05, 0) is 212 Å². The minimum atomic E-state index is -1.56. The molecule has 2 unspecified atom stereocenters. The molecule has 13 aromatic rings. The van der Waals surface area contributed by atoms with Crippen molar-refractivity contribution in [1.29, 1.82) is 0 Å². The van der Waals surface area contributed by atoms with Gasteiger partial charge in [-0.25, -0.2) is 43.9 Å². The van der Waals surface area contributed by atoms with Gasteiger partial charge in [0.1, 0.15) is 29.1 Å². The summed E-state index contributed by atoms with van der Waals surface area (Å²) in [4.78, 5) is 0. The van der Waals surface area contributed by atoms with Gasteiger partial charge < -0.3 is 0 Å². The first kappa shape index (κ1) is 81.8. The fourth-order valence-corrected chi connectivity index (χ4v) is 13.2. The number of benzene rings is 13. The first-order chi connectivity index (χ1) is 52.2. The van der Waals surface area contributed by atoms with Crippen molar-refractivity contribution in [1.82, 2.24) is 0 Å². The summed E-state index contributed by atoms with van der Waals surface area (Å²) in [5.74, 6) is -7.67. The summed E-state index contributed by atoms with van der Waals surface area (Å²) in [6.07, 6.45) is 12.3. The van der Waals surface area contributed by atoms with Crippen LogP contribution in [0.2, 0.25) is 0 Å². The fraction of sp³-hybridized carbons (Fsp3) is 0.245. The summed E-state index contributed by atoms with van der Waals surface area (Å²) in [7, 11) is 0. The number of hydrogen-bond donors (Lipinski definition) is 0. The van der Waals surface area contributed by atoms with Crippen molar-refractivity contribution in [2.24, 2.45) is 0 Å². The van der Waals surface area contributed by atoms with Gasteiger partial charge >= 0.3 is 0 Å². The van der Waals surface area contributed by atoms with Gasteiger partial charge in [0.25, 0.3) is 0 Å². The van der Waals surface area contributed by atoms with Crippen LogP contribution in [-0.4, -0.2) is 0 Å². The van der Waals surface area contributed by atoms with Gasteiger partial charge in [-0.2, -0.15) is 0 Å². The standard InChI is InChI=1S/C26H26F4.C23H22F2.C21H16F4.2C14H16/c1-3-5-7-17-13-21(27)25(22(28)14-17)19-9-11-20(12-10-19)26-23(29)15-18(8-6-4-2)16-24(26)30;1-3-5-17-8-12-19(13-9-17)21-15-14-20(22(24)23(21)25)18-10-6-16(4-2)7-11-18;1-2-3-13-4-6-14(7-5-13)15-8-9-17(18(22)10-15)16-11-19(23)21(25)20(24)12-16;1-3-11(2)13-10-6-8-12-7-4-5-9-14(12)13;1-3-11(2)13-9-8-12-6-4-5-7-14(12)10-13/h9-16H,3-8H2,1-2H3;6-15H,3-5H2,1-2H3;4-12H,2-3H2,1H3;2*4-11H,3H2,1-2H3. The highest BCUT2D eigenvalue weighted by molar-refractivity contribution is 5.86. The zero-order chi connectivity index (χ0) is 77.4. The monoisotopic (exact) mass is 1460 g/mol. The second-order valence-electron chi connectivity index (χ2n) is 27.6. The Morgan fingerprint density at radius 3 is 1.12 bits per heavy atom. The Kier molecular flexibility index (Phi) is 30.3. The van der Waals surface area contributed by atoms with Crippen molar-refractivity contribution in [3.8, 4) is 66.8 Å². The molecule has 0 aliphatic heterocycles. The highest BCUT2D eigenvalue weighted by atomic mass is 19.2. The van der Waals surface area contributed by atoms with Crippen LogP contribution in [0.25, 0.3) is 88.3 Å². The third-order valence-electron chi connectivity index (χ3n) is 19.9. The minimum absolute atomic E-state index is 0.0177. The van der Waals surface area contributed by atoms with E-state index in [1.165, 1.54) is 123 Å². The SMILES string of the molecule is CCC(C)c1ccc2ccccc2c1.CCC(C)c1cccc2ccccc12.CCCCc1cc(F)c(-c2ccc(-c3c(F)cc(CCCC)cc3F)cc2)c(F)c1.CCCc1ccc(-c2ccc(-c3cc(F)c(F)c(F)c3)c(F)c2)cc1.CCCc1ccc(-c2ccc(-c3ccc(CC)cc3)c(F)c2F)cc1. The minimum Gasteiger partial charge on any atom is -0.206 e. The molecule has 108 heavy (non-hydrogen) atoms. The highest BCUT2D eigenvalue weighted by Gasteiger charge is 2.20. The van der Waals surface area contributed by atoms with Crippen LogP contribution in [-0.2, 0) is 32.1 Å². The van der Waals surface area contributed by atoms with E-state index in [2.05, 4.69) is 133 Å². The molecule has 0 heterocycles. The average molecular weight is 1460 g/mol. The number of unbranched alkanes of at least 4 members (excludes halogenated alkanes) is 2. The van der Waals surface area contributed by atoms with E-state index in [0.29, 0.717) is 74.7 Å². The second kappa shape index (κ2) is 40.0. The molecule has 0 fully saturated rings. The maximum absolute atomic E-state index is 14.7. The molecule has 0 spiro atoms. The van der Waals surface area contributed by atoms with Crippen LogP contribution in [0.5, 0.6) is 0 Å². The molecule has 0 N–H and O–H groups in total.